The van der Waals surface area contributed by atoms with Gasteiger partial charge in [-0.3, -0.25) is 9.59 Å². The molecule has 0 unspecified atom stereocenters. The third kappa shape index (κ3) is 6.12. The number of anilines is 1. The predicted octanol–water partition coefficient (Wildman–Crippen LogP) is 3.19. The Morgan fingerprint density at radius 1 is 0.929 bits per heavy atom. The van der Waals surface area contributed by atoms with Crippen LogP contribution in [-0.2, 0) is 9.59 Å². The van der Waals surface area contributed by atoms with E-state index in [0.717, 1.165) is 22.4 Å². The second-order valence-electron chi connectivity index (χ2n) is 6.25. The number of amides is 2. The van der Waals surface area contributed by atoms with Crippen LogP contribution in [0, 0.1) is 13.8 Å². The molecule has 0 bridgehead atoms. The summed E-state index contributed by atoms with van der Waals surface area (Å²) in [5.74, 6) is 0.619. The Bertz CT molecular complexity index is 878. The fraction of sp³-hybridized carbons (Fsp3) is 0.286. The summed E-state index contributed by atoms with van der Waals surface area (Å²) in [5, 5.41) is 6.69. The lowest BCUT2D eigenvalue weighted by Crippen LogP contribution is -2.20. The van der Waals surface area contributed by atoms with Crippen LogP contribution >= 0.6 is 0 Å². The third-order valence-corrected chi connectivity index (χ3v) is 4.18. The van der Waals surface area contributed by atoms with Gasteiger partial charge in [0.2, 0.25) is 11.8 Å². The monoisotopic (exact) mass is 383 g/mol. The minimum Gasteiger partial charge on any atom is -0.493 e. The molecule has 0 fully saturated rings. The molecule has 2 aromatic carbocycles. The first kappa shape index (κ1) is 21.0. The molecule has 2 amide bonds. The van der Waals surface area contributed by atoms with Gasteiger partial charge in [0, 0.05) is 18.5 Å². The number of nitrogens with zero attached hydrogens (tertiary/aromatic N) is 1. The maximum absolute atomic E-state index is 12.0. The molecule has 2 rings (SSSR count). The number of hydrazone groups is 1. The highest BCUT2D eigenvalue weighted by Gasteiger charge is 2.08. The molecule has 2 aromatic rings. The fourth-order valence-electron chi connectivity index (χ4n) is 2.44. The van der Waals surface area contributed by atoms with Crippen molar-refractivity contribution in [3.63, 3.8) is 0 Å². The van der Waals surface area contributed by atoms with E-state index >= 15 is 0 Å². The van der Waals surface area contributed by atoms with Crippen molar-refractivity contribution in [2.24, 2.45) is 5.10 Å². The van der Waals surface area contributed by atoms with Gasteiger partial charge in [0.1, 0.15) is 0 Å². The highest BCUT2D eigenvalue weighted by atomic mass is 16.5. The largest absolute Gasteiger partial charge is 0.493 e. The van der Waals surface area contributed by atoms with Gasteiger partial charge >= 0.3 is 0 Å². The number of aryl methyl sites for hydroxylation is 2. The zero-order valence-corrected chi connectivity index (χ0v) is 16.5. The molecule has 7 nitrogen and oxygen atoms in total. The number of hydrogen-bond donors (Lipinski definition) is 2. The van der Waals surface area contributed by atoms with Gasteiger partial charge in [-0.2, -0.15) is 5.10 Å². The van der Waals surface area contributed by atoms with Gasteiger partial charge < -0.3 is 14.8 Å². The van der Waals surface area contributed by atoms with Gasteiger partial charge in [0.25, 0.3) is 0 Å². The number of nitrogens with one attached hydrogen (secondary N) is 2. The molecule has 0 aliphatic carbocycles. The van der Waals surface area contributed by atoms with Gasteiger partial charge in [-0.15, -0.1) is 0 Å². The number of benzene rings is 2. The van der Waals surface area contributed by atoms with Crippen molar-refractivity contribution in [3.8, 4) is 11.5 Å². The van der Waals surface area contributed by atoms with Crippen LogP contribution in [0.5, 0.6) is 11.5 Å². The first-order valence-corrected chi connectivity index (χ1v) is 8.84. The summed E-state index contributed by atoms with van der Waals surface area (Å²) in [5.41, 5.74) is 6.13. The summed E-state index contributed by atoms with van der Waals surface area (Å²) in [4.78, 5) is 23.8. The van der Waals surface area contributed by atoms with E-state index in [1.165, 1.54) is 6.21 Å². The van der Waals surface area contributed by atoms with E-state index in [2.05, 4.69) is 15.8 Å². The molecule has 0 atom stereocenters. The lowest BCUT2D eigenvalue weighted by Gasteiger charge is -2.08. The lowest BCUT2D eigenvalue weighted by atomic mass is 10.1. The van der Waals surface area contributed by atoms with E-state index < -0.39 is 0 Å². The van der Waals surface area contributed by atoms with Gasteiger partial charge in [0.05, 0.1) is 20.4 Å². The molecule has 0 saturated carbocycles. The smallest absolute Gasteiger partial charge is 0.240 e. The molecule has 0 spiro atoms. The molecule has 7 heteroatoms. The zero-order valence-electron chi connectivity index (χ0n) is 16.5. The van der Waals surface area contributed by atoms with Crippen LogP contribution in [0.4, 0.5) is 5.69 Å². The van der Waals surface area contributed by atoms with Crippen molar-refractivity contribution in [3.05, 3.63) is 53.1 Å². The van der Waals surface area contributed by atoms with E-state index in [-0.39, 0.29) is 24.7 Å². The molecular formula is C21H25N3O4. The predicted molar refractivity (Wildman–Crippen MR) is 109 cm³/mol. The van der Waals surface area contributed by atoms with Crippen molar-refractivity contribution in [2.75, 3.05) is 19.5 Å². The van der Waals surface area contributed by atoms with Crippen molar-refractivity contribution in [1.82, 2.24) is 5.43 Å². The maximum Gasteiger partial charge on any atom is 0.240 e. The topological polar surface area (TPSA) is 89.0 Å². The minimum atomic E-state index is -0.341. The summed E-state index contributed by atoms with van der Waals surface area (Å²) in [6.07, 6.45) is 1.61. The Kier molecular flexibility index (Phi) is 7.56. The molecule has 148 valence electrons. The van der Waals surface area contributed by atoms with E-state index in [1.54, 1.807) is 32.4 Å². The van der Waals surface area contributed by atoms with Crippen molar-refractivity contribution in [2.45, 2.75) is 26.7 Å². The lowest BCUT2D eigenvalue weighted by molar-refractivity contribution is -0.124. The fourth-order valence-corrected chi connectivity index (χ4v) is 2.44. The SMILES string of the molecule is COc1ccc(/C=N/NC(=O)CCC(=O)Nc2ccc(C)c(C)c2)cc1OC. The first-order chi connectivity index (χ1) is 13.4. The van der Waals surface area contributed by atoms with Crippen LogP contribution in [0.3, 0.4) is 0 Å². The van der Waals surface area contributed by atoms with Crippen molar-refractivity contribution >= 4 is 23.7 Å². The minimum absolute atomic E-state index is 0.0416. The Balaban J connectivity index is 1.79. The standard InChI is InChI=1S/C21H25N3O4/c1-14-5-7-17(11-15(14)2)23-20(25)9-10-21(26)24-22-13-16-6-8-18(27-3)19(12-16)28-4/h5-8,11-13H,9-10H2,1-4H3,(H,23,25)(H,24,26)/b22-13+. The highest BCUT2D eigenvalue weighted by Crippen LogP contribution is 2.26. The zero-order chi connectivity index (χ0) is 20.5. The second-order valence-corrected chi connectivity index (χ2v) is 6.25. The molecule has 0 saturated heterocycles. The van der Waals surface area contributed by atoms with Crippen LogP contribution in [0.25, 0.3) is 0 Å². The number of rotatable bonds is 8. The van der Waals surface area contributed by atoms with Crippen molar-refractivity contribution < 1.29 is 19.1 Å². The summed E-state index contributed by atoms with van der Waals surface area (Å²) in [6, 6.07) is 11.0. The molecule has 0 radical (unpaired) electrons. The Morgan fingerprint density at radius 2 is 1.64 bits per heavy atom. The Labute approximate surface area is 164 Å². The number of methoxy groups -OCH3 is 2. The number of carbonyl (C=O) groups excluding carboxylic acids is 2. The van der Waals surface area contributed by atoms with Crippen LogP contribution in [0.1, 0.15) is 29.5 Å². The molecule has 0 aliphatic heterocycles. The van der Waals surface area contributed by atoms with Crippen LogP contribution in [-0.4, -0.2) is 32.2 Å². The quantitative estimate of drug-likeness (QED) is 0.541. The molecule has 2 N–H and O–H groups in total. The van der Waals surface area contributed by atoms with Gasteiger partial charge in [-0.25, -0.2) is 5.43 Å². The van der Waals surface area contributed by atoms with E-state index in [9.17, 15) is 9.59 Å². The summed E-state index contributed by atoms with van der Waals surface area (Å²) < 4.78 is 10.4. The van der Waals surface area contributed by atoms with E-state index in [0.29, 0.717) is 11.5 Å². The van der Waals surface area contributed by atoms with Crippen LogP contribution in [0.15, 0.2) is 41.5 Å². The maximum atomic E-state index is 12.0. The molecule has 0 aliphatic rings. The second kappa shape index (κ2) is 10.1. The van der Waals surface area contributed by atoms with Gasteiger partial charge in [0.15, 0.2) is 11.5 Å². The molecular weight excluding hydrogens is 358 g/mol. The van der Waals surface area contributed by atoms with E-state index in [4.69, 9.17) is 9.47 Å². The Hall–Kier alpha value is -3.35. The van der Waals surface area contributed by atoms with Gasteiger partial charge in [-0.05, 0) is 60.9 Å². The number of ether oxygens (including phenoxy) is 2. The van der Waals surface area contributed by atoms with Crippen molar-refractivity contribution in [1.29, 1.82) is 0 Å². The number of hydrogen-bond acceptors (Lipinski definition) is 5. The molecule has 28 heavy (non-hydrogen) atoms. The molecule has 0 heterocycles. The third-order valence-electron chi connectivity index (χ3n) is 4.18. The first-order valence-electron chi connectivity index (χ1n) is 8.84. The Morgan fingerprint density at radius 3 is 2.32 bits per heavy atom. The summed E-state index contributed by atoms with van der Waals surface area (Å²) >= 11 is 0. The van der Waals surface area contributed by atoms with Crippen LogP contribution < -0.4 is 20.2 Å². The highest BCUT2D eigenvalue weighted by molar-refractivity contribution is 5.93. The normalized spacial score (nSPS) is 10.6. The van der Waals surface area contributed by atoms with Gasteiger partial charge in [-0.1, -0.05) is 6.07 Å². The molecule has 0 aromatic heterocycles. The average Bonchev–Trinajstić information content (AvgIpc) is 2.69. The summed E-state index contributed by atoms with van der Waals surface area (Å²) in [6.45, 7) is 3.99. The average molecular weight is 383 g/mol. The number of carbonyl (C=O) groups is 2. The van der Waals surface area contributed by atoms with Crippen LogP contribution in [0.2, 0.25) is 0 Å². The van der Waals surface area contributed by atoms with E-state index in [1.807, 2.05) is 32.0 Å². The summed E-state index contributed by atoms with van der Waals surface area (Å²) in [7, 11) is 3.10.